The minimum Gasteiger partial charge on any atom is -0.508 e. The molecule has 0 spiro atoms. The van der Waals surface area contributed by atoms with Crippen LogP contribution in [0.4, 0.5) is 22.7 Å². The van der Waals surface area contributed by atoms with Gasteiger partial charge in [0.05, 0.1) is 27.6 Å². The zero-order valence-corrected chi connectivity index (χ0v) is 17.6. The molecule has 30 heavy (non-hydrogen) atoms. The number of aryl methyl sites for hydroxylation is 1. The van der Waals surface area contributed by atoms with E-state index in [1.54, 1.807) is 48.5 Å². The maximum absolute atomic E-state index is 12.1. The number of phenols is 1. The van der Waals surface area contributed by atoms with Crippen LogP contribution in [0.3, 0.4) is 0 Å². The molecule has 0 atom stereocenters. The molecule has 0 amide bonds. The molecule has 0 bridgehead atoms. The zero-order valence-electron chi connectivity index (χ0n) is 16.8. The smallest absolute Gasteiger partial charge is 0.242 e. The number of rotatable bonds is 6. The number of nitrogens with zero attached hydrogens (tertiary/aromatic N) is 5. The Morgan fingerprint density at radius 2 is 1.23 bits per heavy atom. The molecule has 0 aliphatic heterocycles. The van der Waals surface area contributed by atoms with E-state index in [0.29, 0.717) is 22.7 Å². The molecule has 0 aromatic heterocycles. The second-order valence-electron chi connectivity index (χ2n) is 6.67. The second-order valence-corrected chi connectivity index (χ2v) is 8.82. The minimum absolute atomic E-state index is 0.175. The van der Waals surface area contributed by atoms with Crippen molar-refractivity contribution in [3.8, 4) is 5.75 Å². The summed E-state index contributed by atoms with van der Waals surface area (Å²) in [5.74, 6) is 0.175. The van der Waals surface area contributed by atoms with Crippen LogP contribution in [0.5, 0.6) is 5.75 Å². The molecule has 0 saturated heterocycles. The predicted octanol–water partition coefficient (Wildman–Crippen LogP) is 5.78. The van der Waals surface area contributed by atoms with Gasteiger partial charge in [-0.3, -0.25) is 0 Å². The van der Waals surface area contributed by atoms with Crippen molar-refractivity contribution in [3.63, 3.8) is 0 Å². The van der Waals surface area contributed by atoms with E-state index < -0.39 is 10.0 Å². The van der Waals surface area contributed by atoms with Crippen molar-refractivity contribution in [2.24, 2.45) is 20.5 Å². The summed E-state index contributed by atoms with van der Waals surface area (Å²) in [7, 11) is -0.499. The monoisotopic (exact) mass is 423 g/mol. The molecule has 0 fully saturated rings. The highest BCUT2D eigenvalue weighted by Gasteiger charge is 2.16. The van der Waals surface area contributed by atoms with Gasteiger partial charge in [0.2, 0.25) is 10.0 Å². The van der Waals surface area contributed by atoms with Gasteiger partial charge in [0.15, 0.2) is 0 Å². The Balaban J connectivity index is 1.72. The molecule has 1 N–H and O–H groups in total. The molecule has 3 aromatic carbocycles. The van der Waals surface area contributed by atoms with Gasteiger partial charge in [-0.15, -0.1) is 0 Å². The van der Waals surface area contributed by atoms with Gasteiger partial charge in [-0.25, -0.2) is 12.7 Å². The molecule has 0 heterocycles. The largest absolute Gasteiger partial charge is 0.508 e. The fourth-order valence-corrected chi connectivity index (χ4v) is 3.36. The van der Waals surface area contributed by atoms with Crippen LogP contribution in [-0.4, -0.2) is 31.9 Å². The summed E-state index contributed by atoms with van der Waals surface area (Å²) in [6, 6.07) is 18.1. The van der Waals surface area contributed by atoms with E-state index in [9.17, 15) is 13.5 Å². The number of hydrogen-bond donors (Lipinski definition) is 1. The standard InChI is InChI=1S/C21H21N5O3S/c1-15-14-18(24-22-16-4-9-19(27)10-5-16)8-13-21(15)25-23-17-6-11-20(12-7-17)30(28,29)26(2)3/h4-14,27H,1-3H3. The van der Waals surface area contributed by atoms with Gasteiger partial charge in [-0.05, 0) is 79.2 Å². The Labute approximate surface area is 175 Å². The van der Waals surface area contributed by atoms with Gasteiger partial charge in [0.1, 0.15) is 5.75 Å². The van der Waals surface area contributed by atoms with Crippen LogP contribution in [0.2, 0.25) is 0 Å². The Kier molecular flexibility index (Phi) is 6.34. The van der Waals surface area contributed by atoms with Gasteiger partial charge in [0.25, 0.3) is 0 Å². The van der Waals surface area contributed by atoms with Crippen molar-refractivity contribution < 1.29 is 13.5 Å². The lowest BCUT2D eigenvalue weighted by atomic mass is 10.2. The van der Waals surface area contributed by atoms with Crippen molar-refractivity contribution in [1.29, 1.82) is 0 Å². The van der Waals surface area contributed by atoms with E-state index in [2.05, 4.69) is 20.5 Å². The van der Waals surface area contributed by atoms with Crippen LogP contribution >= 0.6 is 0 Å². The summed E-state index contributed by atoms with van der Waals surface area (Å²) in [5, 5.41) is 26.0. The third kappa shape index (κ3) is 5.13. The summed E-state index contributed by atoms with van der Waals surface area (Å²) in [5.41, 5.74) is 3.38. The lowest BCUT2D eigenvalue weighted by molar-refractivity contribution is 0.475. The highest BCUT2D eigenvalue weighted by Crippen LogP contribution is 2.28. The second kappa shape index (κ2) is 8.93. The summed E-state index contributed by atoms with van der Waals surface area (Å²) in [4.78, 5) is 0.200. The lowest BCUT2D eigenvalue weighted by Crippen LogP contribution is -2.21. The first-order valence-electron chi connectivity index (χ1n) is 9.01. The maximum atomic E-state index is 12.1. The maximum Gasteiger partial charge on any atom is 0.242 e. The van der Waals surface area contributed by atoms with Crippen LogP contribution in [0.15, 0.2) is 92.1 Å². The summed E-state index contributed by atoms with van der Waals surface area (Å²) < 4.78 is 25.4. The van der Waals surface area contributed by atoms with Crippen molar-refractivity contribution >= 4 is 32.8 Å². The Bertz CT molecular complexity index is 1190. The van der Waals surface area contributed by atoms with Crippen molar-refractivity contribution in [1.82, 2.24) is 4.31 Å². The highest BCUT2D eigenvalue weighted by atomic mass is 32.2. The van der Waals surface area contributed by atoms with Crippen LogP contribution in [0.25, 0.3) is 0 Å². The number of aromatic hydroxyl groups is 1. The number of hydrogen-bond acceptors (Lipinski definition) is 7. The fraction of sp³-hybridized carbons (Fsp3) is 0.143. The quantitative estimate of drug-likeness (QED) is 0.508. The SMILES string of the molecule is Cc1cc(N=Nc2ccc(O)cc2)ccc1N=Nc1ccc(S(=O)(=O)N(C)C)cc1. The molecule has 0 saturated carbocycles. The predicted molar refractivity (Wildman–Crippen MR) is 115 cm³/mol. The van der Waals surface area contributed by atoms with E-state index in [1.807, 2.05) is 13.0 Å². The molecule has 3 rings (SSSR count). The molecule has 0 aliphatic rings. The minimum atomic E-state index is -3.47. The van der Waals surface area contributed by atoms with E-state index in [0.717, 1.165) is 9.87 Å². The Hall–Kier alpha value is -3.43. The molecular formula is C21H21N5O3S. The van der Waals surface area contributed by atoms with Crippen molar-refractivity contribution in [3.05, 3.63) is 72.3 Å². The van der Waals surface area contributed by atoms with Gasteiger partial charge in [-0.2, -0.15) is 20.5 Å². The molecule has 0 aliphatic carbocycles. The molecule has 8 nitrogen and oxygen atoms in total. The molecular weight excluding hydrogens is 402 g/mol. The van der Waals surface area contributed by atoms with Gasteiger partial charge < -0.3 is 5.11 Å². The number of benzene rings is 3. The number of azo groups is 2. The van der Waals surface area contributed by atoms with E-state index >= 15 is 0 Å². The number of phenolic OH excluding ortho intramolecular Hbond substituents is 1. The average Bonchev–Trinajstić information content (AvgIpc) is 2.73. The summed E-state index contributed by atoms with van der Waals surface area (Å²) >= 11 is 0. The van der Waals surface area contributed by atoms with Crippen LogP contribution in [0.1, 0.15) is 5.56 Å². The van der Waals surface area contributed by atoms with Crippen molar-refractivity contribution in [2.75, 3.05) is 14.1 Å². The molecule has 9 heteroatoms. The molecule has 154 valence electrons. The Morgan fingerprint density at radius 3 is 1.80 bits per heavy atom. The third-order valence-electron chi connectivity index (χ3n) is 4.20. The van der Waals surface area contributed by atoms with Gasteiger partial charge >= 0.3 is 0 Å². The van der Waals surface area contributed by atoms with Gasteiger partial charge in [0, 0.05) is 14.1 Å². The summed E-state index contributed by atoms with van der Waals surface area (Å²) in [6.45, 7) is 1.89. The third-order valence-corrected chi connectivity index (χ3v) is 6.03. The van der Waals surface area contributed by atoms with E-state index in [1.165, 1.54) is 26.2 Å². The first-order valence-corrected chi connectivity index (χ1v) is 10.5. The average molecular weight is 423 g/mol. The molecule has 0 unspecified atom stereocenters. The highest BCUT2D eigenvalue weighted by molar-refractivity contribution is 7.89. The first-order chi connectivity index (χ1) is 14.3. The number of sulfonamides is 1. The molecule has 0 radical (unpaired) electrons. The Morgan fingerprint density at radius 1 is 0.733 bits per heavy atom. The van der Waals surface area contributed by atoms with E-state index in [4.69, 9.17) is 0 Å². The van der Waals surface area contributed by atoms with Gasteiger partial charge in [-0.1, -0.05) is 0 Å². The normalized spacial score (nSPS) is 12.3. The zero-order chi connectivity index (χ0) is 21.7. The van der Waals surface area contributed by atoms with Crippen LogP contribution in [0, 0.1) is 6.92 Å². The first kappa shape index (κ1) is 21.3. The fourth-order valence-electron chi connectivity index (χ4n) is 2.46. The van der Waals surface area contributed by atoms with Crippen molar-refractivity contribution in [2.45, 2.75) is 11.8 Å². The van der Waals surface area contributed by atoms with E-state index in [-0.39, 0.29) is 10.6 Å². The lowest BCUT2D eigenvalue weighted by Gasteiger charge is -2.10. The molecule has 3 aromatic rings. The summed E-state index contributed by atoms with van der Waals surface area (Å²) in [6.07, 6.45) is 0. The van der Waals surface area contributed by atoms with Crippen LogP contribution in [-0.2, 0) is 10.0 Å². The van der Waals surface area contributed by atoms with Crippen LogP contribution < -0.4 is 0 Å². The topological polar surface area (TPSA) is 107 Å².